The smallest absolute Gasteiger partial charge is 0.323 e. The number of aliphatic hydroxyl groups is 1. The molecular weight excluding hydrogens is 572 g/mol. The van der Waals surface area contributed by atoms with Crippen molar-refractivity contribution in [3.8, 4) is 34.4 Å². The van der Waals surface area contributed by atoms with Gasteiger partial charge in [0.25, 0.3) is 0 Å². The molecule has 5 rings (SSSR count). The Morgan fingerprint density at radius 3 is 2.73 bits per heavy atom. The van der Waals surface area contributed by atoms with Gasteiger partial charge in [-0.3, -0.25) is 15.1 Å². The van der Waals surface area contributed by atoms with E-state index in [9.17, 15) is 29.8 Å². The molecule has 0 saturated carbocycles. The fourth-order valence-corrected chi connectivity index (χ4v) is 5.31. The van der Waals surface area contributed by atoms with Gasteiger partial charge in [-0.2, -0.15) is 5.26 Å². The Bertz CT molecular complexity index is 1760. The van der Waals surface area contributed by atoms with Gasteiger partial charge in [0.05, 0.1) is 12.2 Å². The molecule has 3 aromatic carbocycles. The van der Waals surface area contributed by atoms with E-state index in [-0.39, 0.29) is 18.7 Å². The van der Waals surface area contributed by atoms with Crippen LogP contribution < -0.4 is 14.8 Å². The lowest BCUT2D eigenvalue weighted by atomic mass is 9.95. The zero-order valence-corrected chi connectivity index (χ0v) is 23.7. The number of rotatable bonds is 11. The number of nitrogens with one attached hydrogen (secondary N) is 1. The molecule has 0 spiro atoms. The van der Waals surface area contributed by atoms with Gasteiger partial charge in [-0.15, -0.1) is 0 Å². The highest BCUT2D eigenvalue weighted by atomic mass is 19.1. The van der Waals surface area contributed by atoms with Crippen LogP contribution in [0.1, 0.15) is 45.9 Å². The minimum atomic E-state index is -1.21. The Balaban J connectivity index is 1.46. The monoisotopic (exact) mass is 601 g/mol. The zero-order valence-electron chi connectivity index (χ0n) is 23.7. The zero-order chi connectivity index (χ0) is 31.4. The lowest BCUT2D eigenvalue weighted by Gasteiger charge is -2.21. The molecule has 11 heteroatoms. The van der Waals surface area contributed by atoms with Gasteiger partial charge >= 0.3 is 5.97 Å². The maximum atomic E-state index is 15.3. The standard InChI is InChI=1S/C33H29F2N3O6/c1-18-9-21(15-38-26(16-39)33(41)42)30(43-17-20-10-19(12-36)13-37-14-20)11-29(18)44-28-8-6-23-22(5-7-25(34)31(23)28)24-3-2-4-27(40)32(24)35/h2-5,7,9-11,13-14,26,28,38-40H,6,8,15-17H2,1H3,(H,41,42)/t26-,28?/m0/s1. The molecule has 2 atom stereocenters. The summed E-state index contributed by atoms with van der Waals surface area (Å²) in [6.07, 6.45) is 3.14. The largest absolute Gasteiger partial charge is 0.505 e. The van der Waals surface area contributed by atoms with Gasteiger partial charge in [-0.05, 0) is 60.7 Å². The fraction of sp³-hybridized carbons (Fsp3) is 0.242. The Morgan fingerprint density at radius 1 is 1.16 bits per heavy atom. The third-order valence-electron chi connectivity index (χ3n) is 7.52. The molecule has 0 fully saturated rings. The van der Waals surface area contributed by atoms with Crippen molar-refractivity contribution < 1.29 is 38.4 Å². The number of aliphatic hydroxyl groups excluding tert-OH is 1. The van der Waals surface area contributed by atoms with Gasteiger partial charge in [0, 0.05) is 47.3 Å². The lowest BCUT2D eigenvalue weighted by molar-refractivity contribution is -0.140. The van der Waals surface area contributed by atoms with E-state index in [0.717, 1.165) is 0 Å². The van der Waals surface area contributed by atoms with Crippen LogP contribution in [0.4, 0.5) is 8.78 Å². The maximum absolute atomic E-state index is 15.3. The van der Waals surface area contributed by atoms with E-state index in [0.29, 0.717) is 63.3 Å². The molecule has 1 heterocycles. The molecule has 1 unspecified atom stereocenters. The summed E-state index contributed by atoms with van der Waals surface area (Å²) in [4.78, 5) is 15.5. The van der Waals surface area contributed by atoms with Crippen LogP contribution in [0.15, 0.2) is 60.9 Å². The molecule has 1 aromatic heterocycles. The molecule has 0 saturated heterocycles. The molecule has 0 amide bonds. The molecule has 0 aliphatic heterocycles. The number of carboxylic acid groups (broad SMARTS) is 1. The van der Waals surface area contributed by atoms with E-state index in [1.165, 1.54) is 36.5 Å². The van der Waals surface area contributed by atoms with Crippen molar-refractivity contribution in [3.05, 3.63) is 106 Å². The van der Waals surface area contributed by atoms with E-state index in [1.807, 2.05) is 6.07 Å². The van der Waals surface area contributed by atoms with Gasteiger partial charge in [0.1, 0.15) is 42.1 Å². The number of aromatic hydroxyl groups is 1. The third kappa shape index (κ3) is 6.32. The lowest BCUT2D eigenvalue weighted by Crippen LogP contribution is -2.39. The summed E-state index contributed by atoms with van der Waals surface area (Å²) in [5.74, 6) is -2.23. The van der Waals surface area contributed by atoms with Gasteiger partial charge in [0.2, 0.25) is 0 Å². The number of phenols is 1. The van der Waals surface area contributed by atoms with Crippen LogP contribution >= 0.6 is 0 Å². The number of phenolic OH excluding ortho intramolecular Hbond substituents is 1. The third-order valence-corrected chi connectivity index (χ3v) is 7.52. The number of aliphatic carboxylic acids is 1. The molecule has 44 heavy (non-hydrogen) atoms. The number of nitriles is 1. The predicted molar refractivity (Wildman–Crippen MR) is 155 cm³/mol. The molecule has 9 nitrogen and oxygen atoms in total. The Kier molecular flexibility index (Phi) is 9.04. The van der Waals surface area contributed by atoms with E-state index in [2.05, 4.69) is 10.3 Å². The van der Waals surface area contributed by atoms with Gasteiger partial charge < -0.3 is 24.8 Å². The molecule has 1 aliphatic carbocycles. The predicted octanol–water partition coefficient (Wildman–Crippen LogP) is 5.09. The van der Waals surface area contributed by atoms with Crippen LogP contribution in [0.2, 0.25) is 0 Å². The summed E-state index contributed by atoms with van der Waals surface area (Å²) in [6, 6.07) is 12.9. The molecule has 0 bridgehead atoms. The summed E-state index contributed by atoms with van der Waals surface area (Å²) in [5, 5.41) is 40.7. The Morgan fingerprint density at radius 2 is 1.98 bits per heavy atom. The van der Waals surface area contributed by atoms with Crippen molar-refractivity contribution in [2.45, 2.75) is 45.1 Å². The molecular formula is C33H29F2N3O6. The van der Waals surface area contributed by atoms with Crippen LogP contribution in [0.3, 0.4) is 0 Å². The van der Waals surface area contributed by atoms with Crippen LogP contribution in [-0.4, -0.2) is 38.9 Å². The van der Waals surface area contributed by atoms with Gasteiger partial charge in [0.15, 0.2) is 11.6 Å². The second-order valence-electron chi connectivity index (χ2n) is 10.4. The number of hydrogen-bond donors (Lipinski definition) is 4. The van der Waals surface area contributed by atoms with Crippen LogP contribution in [-0.2, 0) is 24.4 Å². The average Bonchev–Trinajstić information content (AvgIpc) is 3.44. The van der Waals surface area contributed by atoms with E-state index < -0.39 is 42.1 Å². The SMILES string of the molecule is Cc1cc(CN[C@@H](CO)C(=O)O)c(OCc2cncc(C#N)c2)cc1OC1CCc2c(-c3cccc(O)c3F)ccc(F)c21. The summed E-state index contributed by atoms with van der Waals surface area (Å²) < 4.78 is 42.5. The number of halogens is 2. The molecule has 4 N–H and O–H groups in total. The number of aromatic nitrogens is 1. The normalized spacial score (nSPS) is 14.5. The van der Waals surface area contributed by atoms with Gasteiger partial charge in [-0.25, -0.2) is 8.78 Å². The quantitative estimate of drug-likeness (QED) is 0.185. The highest BCUT2D eigenvalue weighted by Crippen LogP contribution is 2.44. The van der Waals surface area contributed by atoms with E-state index >= 15 is 4.39 Å². The van der Waals surface area contributed by atoms with E-state index in [1.54, 1.807) is 31.3 Å². The highest BCUT2D eigenvalue weighted by molar-refractivity contribution is 5.73. The minimum absolute atomic E-state index is 0.0418. The van der Waals surface area contributed by atoms with Crippen molar-refractivity contribution in [2.75, 3.05) is 6.61 Å². The first-order chi connectivity index (χ1) is 21.2. The van der Waals surface area contributed by atoms with Crippen molar-refractivity contribution >= 4 is 5.97 Å². The topological polar surface area (TPSA) is 145 Å². The molecule has 1 aliphatic rings. The number of ether oxygens (including phenoxy) is 2. The number of carboxylic acids is 1. The van der Waals surface area contributed by atoms with Crippen molar-refractivity contribution in [3.63, 3.8) is 0 Å². The summed E-state index contributed by atoms with van der Waals surface area (Å²) in [5.41, 5.74) is 3.80. The number of nitrogens with zero attached hydrogens (tertiary/aromatic N) is 2. The van der Waals surface area contributed by atoms with Crippen LogP contribution in [0.5, 0.6) is 17.2 Å². The minimum Gasteiger partial charge on any atom is -0.505 e. The first-order valence-electron chi connectivity index (χ1n) is 13.8. The summed E-state index contributed by atoms with van der Waals surface area (Å²) in [7, 11) is 0. The molecule has 0 radical (unpaired) electrons. The second-order valence-corrected chi connectivity index (χ2v) is 10.4. The van der Waals surface area contributed by atoms with Crippen LogP contribution in [0, 0.1) is 29.9 Å². The maximum Gasteiger partial charge on any atom is 0.323 e. The van der Waals surface area contributed by atoms with Crippen molar-refractivity contribution in [1.82, 2.24) is 10.3 Å². The summed E-state index contributed by atoms with van der Waals surface area (Å²) >= 11 is 0. The molecule has 4 aromatic rings. The first kappa shape index (κ1) is 30.4. The second kappa shape index (κ2) is 13.1. The summed E-state index contributed by atoms with van der Waals surface area (Å²) in [6.45, 7) is 1.26. The number of fused-ring (bicyclic) bond motifs is 1. The van der Waals surface area contributed by atoms with E-state index in [4.69, 9.17) is 9.47 Å². The number of pyridine rings is 1. The number of aryl methyl sites for hydroxylation is 1. The molecule has 226 valence electrons. The first-order valence-corrected chi connectivity index (χ1v) is 13.8. The van der Waals surface area contributed by atoms with Crippen LogP contribution in [0.25, 0.3) is 11.1 Å². The highest BCUT2D eigenvalue weighted by Gasteiger charge is 2.31. The van der Waals surface area contributed by atoms with Crippen molar-refractivity contribution in [1.29, 1.82) is 5.26 Å². The average molecular weight is 602 g/mol. The Labute approximate surface area is 252 Å². The number of carbonyl (C=O) groups is 1. The number of hydrogen-bond acceptors (Lipinski definition) is 8. The van der Waals surface area contributed by atoms with Crippen molar-refractivity contribution in [2.24, 2.45) is 0 Å². The fourth-order valence-electron chi connectivity index (χ4n) is 5.31. The Hall–Kier alpha value is -5.05. The van der Waals surface area contributed by atoms with Gasteiger partial charge in [-0.1, -0.05) is 18.2 Å². The number of benzene rings is 3.